The molecule has 10 heteroatoms. The van der Waals surface area contributed by atoms with Gasteiger partial charge in [0.1, 0.15) is 0 Å². The van der Waals surface area contributed by atoms with E-state index in [2.05, 4.69) is 15.5 Å². The van der Waals surface area contributed by atoms with Gasteiger partial charge in [0, 0.05) is 6.42 Å². The van der Waals surface area contributed by atoms with Crippen LogP contribution in [0.4, 0.5) is 5.69 Å². The fourth-order valence-corrected chi connectivity index (χ4v) is 4.25. The number of ether oxygens (including phenoxy) is 1. The number of tetrazole rings is 1. The highest BCUT2D eigenvalue weighted by Gasteiger charge is 2.40. The normalized spacial score (nSPS) is 16.0. The van der Waals surface area contributed by atoms with Crippen molar-refractivity contribution in [3.05, 3.63) is 66.0 Å². The highest BCUT2D eigenvalue weighted by Crippen LogP contribution is 2.31. The Morgan fingerprint density at radius 1 is 1.10 bits per heavy atom. The van der Waals surface area contributed by atoms with E-state index in [1.165, 1.54) is 11.8 Å². The number of amides is 2. The molecule has 1 aromatic heterocycles. The lowest BCUT2D eigenvalue weighted by Crippen LogP contribution is -2.31. The molecule has 0 spiro atoms. The second-order valence-corrected chi connectivity index (χ2v) is 7.87. The average molecular weight is 437 g/mol. The van der Waals surface area contributed by atoms with Gasteiger partial charge in [0.2, 0.25) is 11.8 Å². The zero-order valence-electron chi connectivity index (χ0n) is 16.7. The molecular weight excluding hydrogens is 418 g/mol. The summed E-state index contributed by atoms with van der Waals surface area (Å²) in [6.45, 7) is 2.00. The lowest BCUT2D eigenvalue weighted by Gasteiger charge is -2.15. The number of hydrogen-bond acceptors (Lipinski definition) is 8. The van der Waals surface area contributed by atoms with Gasteiger partial charge in [0.05, 0.1) is 34.5 Å². The highest BCUT2D eigenvalue weighted by molar-refractivity contribution is 7.99. The highest BCUT2D eigenvalue weighted by atomic mass is 32.2. The molecule has 1 aliphatic heterocycles. The number of imide groups is 1. The van der Waals surface area contributed by atoms with Crippen LogP contribution in [-0.4, -0.2) is 49.8 Å². The number of hydrogen-bond donors (Lipinski definition) is 0. The molecule has 158 valence electrons. The molecule has 0 saturated carbocycles. The third-order valence-electron chi connectivity index (χ3n) is 4.69. The van der Waals surface area contributed by atoms with Crippen molar-refractivity contribution in [1.82, 2.24) is 20.2 Å². The Hall–Kier alpha value is -3.53. The van der Waals surface area contributed by atoms with E-state index in [1.54, 1.807) is 35.9 Å². The van der Waals surface area contributed by atoms with Crippen LogP contribution < -0.4 is 4.90 Å². The summed E-state index contributed by atoms with van der Waals surface area (Å²) in [5, 5.41) is 11.2. The van der Waals surface area contributed by atoms with Crippen molar-refractivity contribution < 1.29 is 19.1 Å². The molecule has 1 unspecified atom stereocenters. The lowest BCUT2D eigenvalue weighted by molar-refractivity contribution is -0.121. The lowest BCUT2D eigenvalue weighted by atomic mass is 10.2. The third kappa shape index (κ3) is 4.33. The SMILES string of the molecule is CCOC(=O)c1ccc(N2C(=O)CC(SCc3nnnn3-c3ccccc3)C2=O)cc1. The molecular formula is C21H19N5O4S. The number of thioether (sulfide) groups is 1. The summed E-state index contributed by atoms with van der Waals surface area (Å²) in [6, 6.07) is 15.7. The van der Waals surface area contributed by atoms with E-state index in [4.69, 9.17) is 4.74 Å². The molecule has 1 aliphatic rings. The van der Waals surface area contributed by atoms with Gasteiger partial charge in [0.25, 0.3) is 0 Å². The van der Waals surface area contributed by atoms with Crippen molar-refractivity contribution in [2.75, 3.05) is 11.5 Å². The van der Waals surface area contributed by atoms with Gasteiger partial charge in [-0.15, -0.1) is 16.9 Å². The van der Waals surface area contributed by atoms with Crippen molar-refractivity contribution in [2.45, 2.75) is 24.3 Å². The predicted octanol–water partition coefficient (Wildman–Crippen LogP) is 2.40. The maximum atomic E-state index is 12.9. The summed E-state index contributed by atoms with van der Waals surface area (Å²) >= 11 is 1.33. The maximum absolute atomic E-state index is 12.9. The van der Waals surface area contributed by atoms with Crippen molar-refractivity contribution in [3.8, 4) is 5.69 Å². The van der Waals surface area contributed by atoms with Gasteiger partial charge >= 0.3 is 5.97 Å². The fourth-order valence-electron chi connectivity index (χ4n) is 3.21. The molecule has 31 heavy (non-hydrogen) atoms. The number of carbonyl (C=O) groups is 3. The zero-order valence-corrected chi connectivity index (χ0v) is 17.5. The number of anilines is 1. The molecule has 2 heterocycles. The number of rotatable bonds is 7. The van der Waals surface area contributed by atoms with Crippen molar-refractivity contribution in [3.63, 3.8) is 0 Å². The zero-order chi connectivity index (χ0) is 21.8. The summed E-state index contributed by atoms with van der Waals surface area (Å²) in [4.78, 5) is 38.4. The van der Waals surface area contributed by atoms with E-state index in [9.17, 15) is 14.4 Å². The minimum Gasteiger partial charge on any atom is -0.462 e. The molecule has 0 aliphatic carbocycles. The van der Waals surface area contributed by atoms with Gasteiger partial charge in [-0.3, -0.25) is 9.59 Å². The molecule has 3 aromatic rings. The maximum Gasteiger partial charge on any atom is 0.338 e. The first kappa shape index (κ1) is 20.7. The second kappa shape index (κ2) is 9.09. The van der Waals surface area contributed by atoms with Crippen LogP contribution in [0.1, 0.15) is 29.5 Å². The Bertz CT molecular complexity index is 1100. The fraction of sp³-hybridized carbons (Fsp3) is 0.238. The third-order valence-corrected chi connectivity index (χ3v) is 5.89. The monoisotopic (exact) mass is 437 g/mol. The molecule has 1 saturated heterocycles. The Kier molecular flexibility index (Phi) is 6.08. The second-order valence-electron chi connectivity index (χ2n) is 6.68. The predicted molar refractivity (Wildman–Crippen MR) is 114 cm³/mol. The topological polar surface area (TPSA) is 107 Å². The average Bonchev–Trinajstić information content (AvgIpc) is 3.37. The van der Waals surface area contributed by atoms with E-state index < -0.39 is 11.2 Å². The molecule has 0 bridgehead atoms. The van der Waals surface area contributed by atoms with Crippen LogP contribution in [0.5, 0.6) is 0 Å². The molecule has 2 aromatic carbocycles. The number of carbonyl (C=O) groups excluding carboxylic acids is 3. The van der Waals surface area contributed by atoms with Crippen molar-refractivity contribution in [1.29, 1.82) is 0 Å². The molecule has 1 atom stereocenters. The van der Waals surface area contributed by atoms with E-state index in [-0.39, 0.29) is 24.8 Å². The summed E-state index contributed by atoms with van der Waals surface area (Å²) < 4.78 is 6.56. The number of benzene rings is 2. The summed E-state index contributed by atoms with van der Waals surface area (Å²) in [6.07, 6.45) is 0.0933. The quantitative estimate of drug-likeness (QED) is 0.410. The van der Waals surface area contributed by atoms with Crippen LogP contribution in [0.15, 0.2) is 54.6 Å². The van der Waals surface area contributed by atoms with Crippen LogP contribution in [0.3, 0.4) is 0 Å². The molecule has 9 nitrogen and oxygen atoms in total. The Labute approximate surface area is 182 Å². The van der Waals surface area contributed by atoms with Gasteiger partial charge in [0.15, 0.2) is 5.82 Å². The molecule has 0 radical (unpaired) electrons. The van der Waals surface area contributed by atoms with E-state index in [1.807, 2.05) is 30.3 Å². The van der Waals surface area contributed by atoms with Gasteiger partial charge in [-0.1, -0.05) is 18.2 Å². The Morgan fingerprint density at radius 3 is 2.55 bits per heavy atom. The molecule has 0 N–H and O–H groups in total. The first-order valence-electron chi connectivity index (χ1n) is 9.66. The largest absolute Gasteiger partial charge is 0.462 e. The summed E-state index contributed by atoms with van der Waals surface area (Å²) in [5.74, 6) is -0.0562. The van der Waals surface area contributed by atoms with Gasteiger partial charge in [-0.25, -0.2) is 9.69 Å². The number of para-hydroxylation sites is 1. The first-order valence-corrected chi connectivity index (χ1v) is 10.7. The van der Waals surface area contributed by atoms with E-state index >= 15 is 0 Å². The molecule has 2 amide bonds. The van der Waals surface area contributed by atoms with Crippen LogP contribution in [0.25, 0.3) is 5.69 Å². The minimum absolute atomic E-state index is 0.0933. The smallest absolute Gasteiger partial charge is 0.338 e. The Balaban J connectivity index is 1.44. The minimum atomic E-state index is -0.529. The number of nitrogens with zero attached hydrogens (tertiary/aromatic N) is 5. The van der Waals surface area contributed by atoms with Crippen LogP contribution in [0.2, 0.25) is 0 Å². The number of aromatic nitrogens is 4. The van der Waals surface area contributed by atoms with E-state index in [0.717, 1.165) is 10.6 Å². The molecule has 1 fully saturated rings. The van der Waals surface area contributed by atoms with Crippen molar-refractivity contribution in [2.24, 2.45) is 0 Å². The number of esters is 1. The first-order chi connectivity index (χ1) is 15.1. The summed E-state index contributed by atoms with van der Waals surface area (Å²) in [5.41, 5.74) is 1.61. The standard InChI is InChI=1S/C21H19N5O4S/c1-2-30-21(29)14-8-10-15(11-9-14)25-19(27)12-17(20(25)28)31-13-18-22-23-24-26(18)16-6-4-3-5-7-16/h3-11,17H,2,12-13H2,1H3. The van der Waals surface area contributed by atoms with Crippen LogP contribution in [-0.2, 0) is 20.1 Å². The van der Waals surface area contributed by atoms with Crippen LogP contribution in [0, 0.1) is 0 Å². The van der Waals surface area contributed by atoms with Gasteiger partial charge in [-0.05, 0) is 53.7 Å². The Morgan fingerprint density at radius 2 is 1.84 bits per heavy atom. The summed E-state index contributed by atoms with van der Waals surface area (Å²) in [7, 11) is 0. The van der Waals surface area contributed by atoms with Crippen molar-refractivity contribution >= 4 is 35.2 Å². The van der Waals surface area contributed by atoms with Gasteiger partial charge < -0.3 is 4.74 Å². The van der Waals surface area contributed by atoms with E-state index in [0.29, 0.717) is 22.8 Å². The van der Waals surface area contributed by atoms with Gasteiger partial charge in [-0.2, -0.15) is 4.68 Å². The molecule has 4 rings (SSSR count). The van der Waals surface area contributed by atoms with Crippen LogP contribution >= 0.6 is 11.8 Å².